The third-order valence-corrected chi connectivity index (χ3v) is 12.5. The standard InChI is InChI=1S/C27H43NO4S/c1-18(4-9-25(30)28-14-15-33(31,32)17-28)22-7-8-23-21-6-5-19-16-20(29)10-12-26(19,2)24(21)11-13-27(22,23)3/h5,18,20-24,29H,4,6-17H2,1-3H3/t18?,20-,21-,22+,23-,24-,26-,27+/m0/s1. The molecule has 0 aromatic rings. The molecular formula is C27H43NO4S. The number of amides is 1. The molecule has 0 aromatic heterocycles. The summed E-state index contributed by atoms with van der Waals surface area (Å²) in [6.45, 7) is 7.74. The van der Waals surface area contributed by atoms with Crippen molar-refractivity contribution in [2.24, 2.45) is 40.4 Å². The molecule has 3 saturated carbocycles. The smallest absolute Gasteiger partial charge is 0.223 e. The molecule has 1 saturated heterocycles. The first-order chi connectivity index (χ1) is 15.5. The number of fused-ring (bicyclic) bond motifs is 5. The summed E-state index contributed by atoms with van der Waals surface area (Å²) in [6, 6.07) is 0. The van der Waals surface area contributed by atoms with E-state index in [-0.39, 0.29) is 29.1 Å². The normalized spacial score (nSPS) is 45.0. The van der Waals surface area contributed by atoms with Crippen LogP contribution in [0.5, 0.6) is 0 Å². The van der Waals surface area contributed by atoms with Gasteiger partial charge in [-0.1, -0.05) is 32.4 Å². The van der Waals surface area contributed by atoms with Gasteiger partial charge in [0.15, 0.2) is 9.84 Å². The molecular weight excluding hydrogens is 434 g/mol. The van der Waals surface area contributed by atoms with Crippen molar-refractivity contribution in [3.8, 4) is 0 Å². The fourth-order valence-electron chi connectivity index (χ4n) is 9.14. The first kappa shape index (κ1) is 23.8. The van der Waals surface area contributed by atoms with E-state index >= 15 is 0 Å². The molecule has 5 rings (SSSR count). The number of nitrogens with zero attached hydrogens (tertiary/aromatic N) is 1. The fraction of sp³-hybridized carbons (Fsp3) is 0.889. The zero-order valence-electron chi connectivity index (χ0n) is 20.8. The van der Waals surface area contributed by atoms with Crippen molar-refractivity contribution in [1.29, 1.82) is 0 Å². The number of rotatable bonds is 4. The first-order valence-electron chi connectivity index (χ1n) is 13.4. The predicted molar refractivity (Wildman–Crippen MR) is 130 cm³/mol. The van der Waals surface area contributed by atoms with E-state index in [0.29, 0.717) is 30.2 Å². The number of hydrogen-bond donors (Lipinski definition) is 1. The Morgan fingerprint density at radius 2 is 1.97 bits per heavy atom. The number of carbonyl (C=O) groups is 1. The van der Waals surface area contributed by atoms with Crippen LogP contribution in [0.3, 0.4) is 0 Å². The summed E-state index contributed by atoms with van der Waals surface area (Å²) in [4.78, 5) is 14.2. The van der Waals surface area contributed by atoms with Gasteiger partial charge in [-0.25, -0.2) is 8.42 Å². The maximum Gasteiger partial charge on any atom is 0.223 e. The maximum atomic E-state index is 12.6. The van der Waals surface area contributed by atoms with Crippen molar-refractivity contribution >= 4 is 15.7 Å². The van der Waals surface area contributed by atoms with E-state index in [4.69, 9.17) is 0 Å². The van der Waals surface area contributed by atoms with Gasteiger partial charge in [0.1, 0.15) is 5.88 Å². The average Bonchev–Trinajstić information content (AvgIpc) is 3.31. The second-order valence-corrected chi connectivity index (χ2v) is 14.8. The van der Waals surface area contributed by atoms with Crippen LogP contribution in [-0.2, 0) is 14.6 Å². The third kappa shape index (κ3) is 4.01. The minimum atomic E-state index is -3.06. The van der Waals surface area contributed by atoms with Crippen LogP contribution in [0.2, 0.25) is 0 Å². The van der Waals surface area contributed by atoms with E-state index in [2.05, 4.69) is 26.8 Å². The molecule has 4 aliphatic carbocycles. The Balaban J connectivity index is 1.25. The molecule has 8 atom stereocenters. The van der Waals surface area contributed by atoms with Crippen molar-refractivity contribution in [2.45, 2.75) is 91.1 Å². The second kappa shape index (κ2) is 8.36. The lowest BCUT2D eigenvalue weighted by atomic mass is 9.47. The number of aliphatic hydroxyl groups excluding tert-OH is 1. The lowest BCUT2D eigenvalue weighted by Crippen LogP contribution is -2.50. The molecule has 6 heteroatoms. The van der Waals surface area contributed by atoms with Crippen molar-refractivity contribution in [3.05, 3.63) is 11.6 Å². The average molecular weight is 478 g/mol. The van der Waals surface area contributed by atoms with E-state index in [1.54, 1.807) is 4.90 Å². The number of aliphatic hydroxyl groups is 1. The number of hydrogen-bond acceptors (Lipinski definition) is 4. The summed E-state index contributed by atoms with van der Waals surface area (Å²) in [6.07, 6.45) is 13.0. The molecule has 4 fully saturated rings. The van der Waals surface area contributed by atoms with Gasteiger partial charge in [-0.05, 0) is 98.2 Å². The molecule has 186 valence electrons. The molecule has 0 spiro atoms. The highest BCUT2D eigenvalue weighted by Gasteiger charge is 2.59. The molecule has 0 radical (unpaired) electrons. The quantitative estimate of drug-likeness (QED) is 0.603. The van der Waals surface area contributed by atoms with Crippen molar-refractivity contribution in [2.75, 3.05) is 18.2 Å². The summed E-state index contributed by atoms with van der Waals surface area (Å²) < 4.78 is 23.4. The first-order valence-corrected chi connectivity index (χ1v) is 15.2. The SMILES string of the molecule is CC(CCC(=O)N1CCS(=O)(=O)C1)[C@H]1CC[C@H]2[C@@H]3CC=C4C[C@@H](O)CC[C@]4(C)[C@H]3CC[C@]12C. The molecule has 1 aliphatic heterocycles. The van der Waals surface area contributed by atoms with Gasteiger partial charge in [0.05, 0.1) is 11.9 Å². The largest absolute Gasteiger partial charge is 0.393 e. The van der Waals surface area contributed by atoms with Gasteiger partial charge < -0.3 is 10.0 Å². The molecule has 33 heavy (non-hydrogen) atoms. The molecule has 1 amide bonds. The van der Waals surface area contributed by atoms with Crippen LogP contribution in [-0.4, -0.2) is 48.6 Å². The third-order valence-electron chi connectivity index (χ3n) is 11.0. The zero-order chi connectivity index (χ0) is 23.6. The molecule has 1 unspecified atom stereocenters. The van der Waals surface area contributed by atoms with Gasteiger partial charge in [-0.2, -0.15) is 0 Å². The van der Waals surface area contributed by atoms with Crippen molar-refractivity contribution in [3.63, 3.8) is 0 Å². The van der Waals surface area contributed by atoms with E-state index in [9.17, 15) is 18.3 Å². The molecule has 5 nitrogen and oxygen atoms in total. The van der Waals surface area contributed by atoms with Gasteiger partial charge in [0.2, 0.25) is 5.91 Å². The number of sulfone groups is 1. The Morgan fingerprint density at radius 3 is 2.70 bits per heavy atom. The lowest BCUT2D eigenvalue weighted by molar-refractivity contribution is -0.130. The zero-order valence-corrected chi connectivity index (χ0v) is 21.6. The molecule has 0 aromatic carbocycles. The van der Waals surface area contributed by atoms with Crippen LogP contribution < -0.4 is 0 Å². The fourth-order valence-corrected chi connectivity index (χ4v) is 10.5. The van der Waals surface area contributed by atoms with E-state index < -0.39 is 9.84 Å². The summed E-state index contributed by atoms with van der Waals surface area (Å²) in [5.74, 6) is 3.50. The van der Waals surface area contributed by atoms with E-state index in [1.807, 2.05) is 0 Å². The minimum absolute atomic E-state index is 0.0173. The monoisotopic (exact) mass is 477 g/mol. The van der Waals surface area contributed by atoms with Crippen LogP contribution in [0.25, 0.3) is 0 Å². The minimum Gasteiger partial charge on any atom is -0.393 e. The lowest BCUT2D eigenvalue weighted by Gasteiger charge is -2.58. The molecule has 0 bridgehead atoms. The maximum absolute atomic E-state index is 12.6. The number of allylic oxidation sites excluding steroid dienone is 1. The van der Waals surface area contributed by atoms with Gasteiger partial charge in [0.25, 0.3) is 0 Å². The highest BCUT2D eigenvalue weighted by atomic mass is 32.2. The predicted octanol–water partition coefficient (Wildman–Crippen LogP) is 4.56. The van der Waals surface area contributed by atoms with Crippen LogP contribution >= 0.6 is 0 Å². The molecule has 5 aliphatic rings. The van der Waals surface area contributed by atoms with Crippen LogP contribution in [0.1, 0.15) is 85.0 Å². The van der Waals surface area contributed by atoms with E-state index in [0.717, 1.165) is 43.4 Å². The van der Waals surface area contributed by atoms with Gasteiger partial charge >= 0.3 is 0 Å². The summed E-state index contributed by atoms with van der Waals surface area (Å²) >= 11 is 0. The highest BCUT2D eigenvalue weighted by Crippen LogP contribution is 2.67. The Hall–Kier alpha value is -0.880. The van der Waals surface area contributed by atoms with Gasteiger partial charge in [-0.3, -0.25) is 4.79 Å². The Labute approximate surface area is 200 Å². The van der Waals surface area contributed by atoms with E-state index in [1.165, 1.54) is 37.7 Å². The summed E-state index contributed by atoms with van der Waals surface area (Å²) in [7, 11) is -3.06. The highest BCUT2D eigenvalue weighted by molar-refractivity contribution is 7.91. The molecule has 1 N–H and O–H groups in total. The van der Waals surface area contributed by atoms with Crippen LogP contribution in [0.15, 0.2) is 11.6 Å². The Morgan fingerprint density at radius 1 is 1.18 bits per heavy atom. The van der Waals surface area contributed by atoms with Crippen LogP contribution in [0.4, 0.5) is 0 Å². The number of carbonyl (C=O) groups excluding carboxylic acids is 1. The van der Waals surface area contributed by atoms with Crippen LogP contribution in [0, 0.1) is 40.4 Å². The summed E-state index contributed by atoms with van der Waals surface area (Å²) in [5.41, 5.74) is 2.18. The Kier molecular flexibility index (Phi) is 6.04. The second-order valence-electron chi connectivity index (χ2n) is 12.6. The molecule has 1 heterocycles. The summed E-state index contributed by atoms with van der Waals surface area (Å²) in [5, 5.41) is 10.2. The topological polar surface area (TPSA) is 74.7 Å². The van der Waals surface area contributed by atoms with Crippen molar-refractivity contribution in [1.82, 2.24) is 4.90 Å². The van der Waals surface area contributed by atoms with Gasteiger partial charge in [-0.15, -0.1) is 0 Å². The Bertz CT molecular complexity index is 928. The van der Waals surface area contributed by atoms with Crippen molar-refractivity contribution < 1.29 is 18.3 Å². The van der Waals surface area contributed by atoms with Gasteiger partial charge in [0, 0.05) is 13.0 Å².